The van der Waals surface area contributed by atoms with Gasteiger partial charge in [-0.3, -0.25) is 0 Å². The van der Waals surface area contributed by atoms with E-state index in [1.54, 1.807) is 19.1 Å². The van der Waals surface area contributed by atoms with Gasteiger partial charge in [-0.05, 0) is 29.2 Å². The Balaban J connectivity index is 2.48. The fraction of sp³-hybridized carbons (Fsp3) is 0.167. The summed E-state index contributed by atoms with van der Waals surface area (Å²) < 4.78 is 39.6. The minimum Gasteiger partial charge on any atom is -0.507 e. The summed E-state index contributed by atoms with van der Waals surface area (Å²) in [5.41, 5.74) is 0.0883. The summed E-state index contributed by atoms with van der Waals surface area (Å²) in [7, 11) is 0. The topological polar surface area (TPSA) is 57.5 Å². The average Bonchev–Trinajstić information content (AvgIpc) is 2.52. The molecule has 0 spiro atoms. The number of rotatable bonds is 4. The smallest absolute Gasteiger partial charge is 0.420 e. The van der Waals surface area contributed by atoms with Crippen molar-refractivity contribution < 1.29 is 28.2 Å². The van der Waals surface area contributed by atoms with E-state index in [2.05, 4.69) is 0 Å². The van der Waals surface area contributed by atoms with Crippen LogP contribution in [0, 0.1) is 0 Å². The lowest BCUT2D eigenvalue weighted by molar-refractivity contribution is -0.139. The van der Waals surface area contributed by atoms with Crippen molar-refractivity contribution >= 4 is 12.0 Å². The van der Waals surface area contributed by atoms with Crippen LogP contribution in [0.4, 0.5) is 13.2 Å². The number of hydrogen-bond acceptors (Lipinski definition) is 2. The maximum absolute atomic E-state index is 13.2. The monoisotopic (exact) mass is 336 g/mol. The van der Waals surface area contributed by atoms with E-state index < -0.39 is 23.5 Å². The van der Waals surface area contributed by atoms with Crippen LogP contribution in [-0.2, 0) is 17.4 Å². The lowest BCUT2D eigenvalue weighted by atomic mass is 9.95. The third kappa shape index (κ3) is 3.76. The third-order valence-corrected chi connectivity index (χ3v) is 3.57. The van der Waals surface area contributed by atoms with Gasteiger partial charge in [-0.1, -0.05) is 43.3 Å². The molecule has 3 nitrogen and oxygen atoms in total. The molecule has 0 atom stereocenters. The predicted molar refractivity (Wildman–Crippen MR) is 84.6 cm³/mol. The maximum atomic E-state index is 13.2. The first-order valence-corrected chi connectivity index (χ1v) is 7.17. The highest BCUT2D eigenvalue weighted by atomic mass is 19.4. The molecule has 0 saturated heterocycles. The molecule has 0 radical (unpaired) electrons. The van der Waals surface area contributed by atoms with Crippen LogP contribution < -0.4 is 0 Å². The van der Waals surface area contributed by atoms with Gasteiger partial charge in [-0.2, -0.15) is 13.2 Å². The second kappa shape index (κ2) is 6.78. The second-order valence-electron chi connectivity index (χ2n) is 5.14. The first kappa shape index (κ1) is 17.6. The minimum atomic E-state index is -4.64. The Morgan fingerprint density at radius 1 is 1.12 bits per heavy atom. The molecule has 0 saturated carbocycles. The van der Waals surface area contributed by atoms with Crippen LogP contribution in [0.1, 0.15) is 23.6 Å². The largest absolute Gasteiger partial charge is 0.507 e. The minimum absolute atomic E-state index is 0.0322. The molecule has 0 amide bonds. The third-order valence-electron chi connectivity index (χ3n) is 3.57. The van der Waals surface area contributed by atoms with Crippen molar-refractivity contribution in [2.75, 3.05) is 0 Å². The number of aromatic hydroxyl groups is 1. The Labute approximate surface area is 136 Å². The van der Waals surface area contributed by atoms with Gasteiger partial charge in [0.05, 0.1) is 0 Å². The van der Waals surface area contributed by atoms with Gasteiger partial charge in [0.25, 0.3) is 0 Å². The van der Waals surface area contributed by atoms with Gasteiger partial charge in [0.2, 0.25) is 0 Å². The highest BCUT2D eigenvalue weighted by molar-refractivity contribution is 5.85. The SMILES string of the molecule is CCc1ccc(-c2ccc(/C=C/C(=O)O)cc2)c(O)c1C(F)(F)F. The highest BCUT2D eigenvalue weighted by Crippen LogP contribution is 2.43. The van der Waals surface area contributed by atoms with Crippen molar-refractivity contribution in [2.45, 2.75) is 19.5 Å². The van der Waals surface area contributed by atoms with E-state index in [9.17, 15) is 23.1 Å². The molecular weight excluding hydrogens is 321 g/mol. The Bertz CT molecular complexity index is 775. The number of benzene rings is 2. The summed E-state index contributed by atoms with van der Waals surface area (Å²) in [5, 5.41) is 18.7. The number of halogens is 3. The number of phenolic OH excluding ortho intramolecular Hbond substituents is 1. The molecule has 0 aliphatic carbocycles. The zero-order chi connectivity index (χ0) is 17.9. The molecule has 0 aliphatic rings. The summed E-state index contributed by atoms with van der Waals surface area (Å²) in [6, 6.07) is 9.00. The normalized spacial score (nSPS) is 11.8. The number of carboxylic acid groups (broad SMARTS) is 1. The zero-order valence-electron chi connectivity index (χ0n) is 12.8. The quantitative estimate of drug-likeness (QED) is 0.793. The second-order valence-corrected chi connectivity index (χ2v) is 5.14. The van der Waals surface area contributed by atoms with Crippen LogP contribution in [0.5, 0.6) is 5.75 Å². The summed E-state index contributed by atoms with van der Waals surface area (Å²) in [6.07, 6.45) is -2.16. The molecule has 0 heterocycles. The van der Waals surface area contributed by atoms with Crippen molar-refractivity contribution in [2.24, 2.45) is 0 Å². The molecular formula is C18H15F3O3. The van der Waals surface area contributed by atoms with Crippen LogP contribution >= 0.6 is 0 Å². The lowest BCUT2D eigenvalue weighted by Crippen LogP contribution is -2.09. The number of aryl methyl sites for hydroxylation is 1. The molecule has 2 N–H and O–H groups in total. The number of hydrogen-bond donors (Lipinski definition) is 2. The number of alkyl halides is 3. The van der Waals surface area contributed by atoms with Crippen LogP contribution in [0.15, 0.2) is 42.5 Å². The van der Waals surface area contributed by atoms with Gasteiger partial charge in [0, 0.05) is 11.6 Å². The first-order valence-electron chi connectivity index (χ1n) is 7.17. The molecule has 0 aliphatic heterocycles. The van der Waals surface area contributed by atoms with Crippen LogP contribution in [0.25, 0.3) is 17.2 Å². The van der Waals surface area contributed by atoms with Crippen molar-refractivity contribution in [1.29, 1.82) is 0 Å². The molecule has 0 aromatic heterocycles. The number of carbonyl (C=O) groups is 1. The fourth-order valence-electron chi connectivity index (χ4n) is 2.42. The molecule has 2 aromatic rings. The zero-order valence-corrected chi connectivity index (χ0v) is 12.8. The van der Waals surface area contributed by atoms with E-state index in [-0.39, 0.29) is 17.5 Å². The molecule has 6 heteroatoms. The van der Waals surface area contributed by atoms with E-state index in [4.69, 9.17) is 5.11 Å². The van der Waals surface area contributed by atoms with E-state index in [1.165, 1.54) is 30.3 Å². The Morgan fingerprint density at radius 3 is 2.25 bits per heavy atom. The average molecular weight is 336 g/mol. The van der Waals surface area contributed by atoms with E-state index in [0.717, 1.165) is 6.08 Å². The van der Waals surface area contributed by atoms with Crippen LogP contribution in [0.3, 0.4) is 0 Å². The van der Waals surface area contributed by atoms with Crippen molar-refractivity contribution in [3.05, 3.63) is 59.2 Å². The van der Waals surface area contributed by atoms with Gasteiger partial charge in [0.15, 0.2) is 0 Å². The van der Waals surface area contributed by atoms with E-state index in [1.807, 2.05) is 0 Å². The Kier molecular flexibility index (Phi) is 4.97. The van der Waals surface area contributed by atoms with E-state index in [0.29, 0.717) is 11.1 Å². The molecule has 2 aromatic carbocycles. The first-order chi connectivity index (χ1) is 11.2. The summed E-state index contributed by atoms with van der Waals surface area (Å²) in [5.74, 6) is -1.89. The number of aliphatic carboxylic acids is 1. The van der Waals surface area contributed by atoms with Gasteiger partial charge in [-0.25, -0.2) is 4.79 Å². The molecule has 126 valence electrons. The number of phenols is 1. The molecule has 0 fully saturated rings. The van der Waals surface area contributed by atoms with E-state index >= 15 is 0 Å². The van der Waals surface area contributed by atoms with Gasteiger partial charge in [-0.15, -0.1) is 0 Å². The Hall–Kier alpha value is -2.76. The number of carboxylic acids is 1. The summed E-state index contributed by atoms with van der Waals surface area (Å²) >= 11 is 0. The molecule has 24 heavy (non-hydrogen) atoms. The van der Waals surface area contributed by atoms with Gasteiger partial charge in [0.1, 0.15) is 11.3 Å². The van der Waals surface area contributed by atoms with Crippen molar-refractivity contribution in [1.82, 2.24) is 0 Å². The summed E-state index contributed by atoms with van der Waals surface area (Å²) in [6.45, 7) is 1.59. The molecule has 2 rings (SSSR count). The van der Waals surface area contributed by atoms with Gasteiger partial charge >= 0.3 is 12.1 Å². The maximum Gasteiger partial charge on any atom is 0.420 e. The van der Waals surface area contributed by atoms with Crippen LogP contribution in [-0.4, -0.2) is 16.2 Å². The molecule has 0 unspecified atom stereocenters. The fourth-order valence-corrected chi connectivity index (χ4v) is 2.42. The predicted octanol–water partition coefficient (Wildman–Crippen LogP) is 4.74. The summed E-state index contributed by atoms with van der Waals surface area (Å²) in [4.78, 5) is 10.5. The van der Waals surface area contributed by atoms with Crippen molar-refractivity contribution in [3.63, 3.8) is 0 Å². The van der Waals surface area contributed by atoms with Crippen LogP contribution in [0.2, 0.25) is 0 Å². The molecule has 0 bridgehead atoms. The van der Waals surface area contributed by atoms with Gasteiger partial charge < -0.3 is 10.2 Å². The van der Waals surface area contributed by atoms with Crippen molar-refractivity contribution in [3.8, 4) is 16.9 Å². The Morgan fingerprint density at radius 2 is 1.75 bits per heavy atom. The standard InChI is InChI=1S/C18H15F3O3/c1-2-12-8-9-14(17(24)16(12)18(19,20)21)13-6-3-11(4-7-13)5-10-15(22)23/h3-10,24H,2H2,1H3,(H,22,23)/b10-5+. The highest BCUT2D eigenvalue weighted by Gasteiger charge is 2.37. The lowest BCUT2D eigenvalue weighted by Gasteiger charge is -2.16.